The molecule has 6 nitrogen and oxygen atoms in total. The van der Waals surface area contributed by atoms with Crippen molar-refractivity contribution in [2.45, 2.75) is 70.9 Å². The maximum atomic E-state index is 12.0. The lowest BCUT2D eigenvalue weighted by Gasteiger charge is -2.23. The van der Waals surface area contributed by atoms with Crippen molar-refractivity contribution in [2.24, 2.45) is 5.73 Å². The van der Waals surface area contributed by atoms with E-state index in [1.807, 2.05) is 4.68 Å². The van der Waals surface area contributed by atoms with Gasteiger partial charge in [0.05, 0.1) is 6.04 Å². The van der Waals surface area contributed by atoms with E-state index in [-0.39, 0.29) is 11.9 Å². The molecular weight excluding hydrogens is 266 g/mol. The second-order valence-electron chi connectivity index (χ2n) is 5.68. The number of rotatable bonds is 8. The van der Waals surface area contributed by atoms with E-state index in [9.17, 15) is 4.79 Å². The summed E-state index contributed by atoms with van der Waals surface area (Å²) in [5.74, 6) is 1.92. The highest BCUT2D eigenvalue weighted by Gasteiger charge is 2.25. The van der Waals surface area contributed by atoms with Crippen molar-refractivity contribution < 1.29 is 4.79 Å². The summed E-state index contributed by atoms with van der Waals surface area (Å²) in [6.45, 7) is 3.70. The first-order valence-electron chi connectivity index (χ1n) is 8.17. The molecule has 1 aliphatic heterocycles. The molecule has 118 valence electrons. The summed E-state index contributed by atoms with van der Waals surface area (Å²) in [5, 5.41) is 7.58. The summed E-state index contributed by atoms with van der Waals surface area (Å²) in [7, 11) is 0. The summed E-state index contributed by atoms with van der Waals surface area (Å²) in [6.07, 6.45) is 7.60. The van der Waals surface area contributed by atoms with Crippen molar-refractivity contribution in [3.8, 4) is 0 Å². The van der Waals surface area contributed by atoms with Crippen molar-refractivity contribution >= 4 is 5.91 Å². The molecule has 0 aromatic carbocycles. The summed E-state index contributed by atoms with van der Waals surface area (Å²) < 4.78 is 1.95. The number of nitrogens with two attached hydrogens (primary N) is 1. The molecule has 1 aliphatic rings. The number of unbranched alkanes of at least 4 members (excludes halogenated alkanes) is 3. The number of aromatic nitrogens is 3. The number of carbonyl (C=O) groups is 1. The summed E-state index contributed by atoms with van der Waals surface area (Å²) >= 11 is 0. The predicted octanol–water partition coefficient (Wildman–Crippen LogP) is 1.70. The molecule has 2 rings (SSSR count). The van der Waals surface area contributed by atoms with E-state index >= 15 is 0 Å². The van der Waals surface area contributed by atoms with Gasteiger partial charge in [-0.25, -0.2) is 9.67 Å². The van der Waals surface area contributed by atoms with Crippen LogP contribution in [0.1, 0.15) is 69.6 Å². The molecule has 0 radical (unpaired) electrons. The van der Waals surface area contributed by atoms with Crippen molar-refractivity contribution in [1.82, 2.24) is 20.1 Å². The van der Waals surface area contributed by atoms with Crippen LogP contribution in [0.3, 0.4) is 0 Å². The molecule has 1 unspecified atom stereocenters. The molecule has 0 fully saturated rings. The van der Waals surface area contributed by atoms with Crippen LogP contribution < -0.4 is 11.1 Å². The SMILES string of the molecule is CCc1nc2n(n1)CCCC2NC(=O)CCCCCCN. The van der Waals surface area contributed by atoms with Gasteiger partial charge in [-0.05, 0) is 32.2 Å². The Balaban J connectivity index is 1.81. The molecule has 2 heterocycles. The molecule has 21 heavy (non-hydrogen) atoms. The van der Waals surface area contributed by atoms with Gasteiger partial charge in [0.1, 0.15) is 5.82 Å². The minimum atomic E-state index is 0.0306. The Morgan fingerprint density at radius 3 is 2.95 bits per heavy atom. The molecule has 6 heteroatoms. The molecule has 1 amide bonds. The highest BCUT2D eigenvalue weighted by molar-refractivity contribution is 5.76. The number of fused-ring (bicyclic) bond motifs is 1. The second kappa shape index (κ2) is 8.12. The number of nitrogens with zero attached hydrogens (tertiary/aromatic N) is 3. The topological polar surface area (TPSA) is 85.8 Å². The first-order valence-corrected chi connectivity index (χ1v) is 8.17. The molecular formula is C15H27N5O. The Labute approximate surface area is 126 Å². The monoisotopic (exact) mass is 293 g/mol. The van der Waals surface area contributed by atoms with Crippen LogP contribution in [0.4, 0.5) is 0 Å². The van der Waals surface area contributed by atoms with Crippen LogP contribution in [0, 0.1) is 0 Å². The zero-order valence-corrected chi connectivity index (χ0v) is 13.0. The minimum absolute atomic E-state index is 0.0306. The number of carbonyl (C=O) groups excluding carboxylic acids is 1. The minimum Gasteiger partial charge on any atom is -0.346 e. The van der Waals surface area contributed by atoms with E-state index in [1.165, 1.54) is 0 Å². The predicted molar refractivity (Wildman–Crippen MR) is 81.7 cm³/mol. The molecule has 0 saturated heterocycles. The number of amides is 1. The highest BCUT2D eigenvalue weighted by atomic mass is 16.1. The standard InChI is InChI=1S/C15H27N5O/c1-2-13-18-15-12(8-7-11-20(15)19-13)17-14(21)9-5-3-4-6-10-16/h12H,2-11,16H2,1H3,(H,17,21). The van der Waals surface area contributed by atoms with Gasteiger partial charge in [0, 0.05) is 19.4 Å². The van der Waals surface area contributed by atoms with Gasteiger partial charge >= 0.3 is 0 Å². The van der Waals surface area contributed by atoms with Gasteiger partial charge in [0.2, 0.25) is 5.91 Å². The van der Waals surface area contributed by atoms with Gasteiger partial charge in [-0.1, -0.05) is 19.8 Å². The van der Waals surface area contributed by atoms with Crippen molar-refractivity contribution in [3.05, 3.63) is 11.6 Å². The van der Waals surface area contributed by atoms with Crippen LogP contribution in [0.2, 0.25) is 0 Å². The van der Waals surface area contributed by atoms with Gasteiger partial charge in [-0.15, -0.1) is 0 Å². The van der Waals surface area contributed by atoms with Crippen LogP contribution in [-0.4, -0.2) is 27.2 Å². The maximum absolute atomic E-state index is 12.0. The smallest absolute Gasteiger partial charge is 0.220 e. The lowest BCUT2D eigenvalue weighted by molar-refractivity contribution is -0.122. The van der Waals surface area contributed by atoms with Crippen LogP contribution >= 0.6 is 0 Å². The number of nitrogens with one attached hydrogen (secondary N) is 1. The third-order valence-corrected chi connectivity index (χ3v) is 3.93. The average Bonchev–Trinajstić information content (AvgIpc) is 2.91. The maximum Gasteiger partial charge on any atom is 0.220 e. The van der Waals surface area contributed by atoms with Crippen LogP contribution in [-0.2, 0) is 17.8 Å². The Kier molecular flexibility index (Phi) is 6.17. The number of hydrogen-bond acceptors (Lipinski definition) is 4. The second-order valence-corrected chi connectivity index (χ2v) is 5.68. The molecule has 1 aromatic heterocycles. The quantitative estimate of drug-likeness (QED) is 0.714. The fraction of sp³-hybridized carbons (Fsp3) is 0.800. The summed E-state index contributed by atoms with van der Waals surface area (Å²) in [6, 6.07) is 0.0306. The largest absolute Gasteiger partial charge is 0.346 e. The third kappa shape index (κ3) is 4.52. The fourth-order valence-corrected chi connectivity index (χ4v) is 2.74. The van der Waals surface area contributed by atoms with Gasteiger partial charge in [0.15, 0.2) is 5.82 Å². The third-order valence-electron chi connectivity index (χ3n) is 3.93. The van der Waals surface area contributed by atoms with Crippen molar-refractivity contribution in [1.29, 1.82) is 0 Å². The van der Waals surface area contributed by atoms with E-state index in [1.54, 1.807) is 0 Å². The van der Waals surface area contributed by atoms with Crippen LogP contribution in [0.5, 0.6) is 0 Å². The van der Waals surface area contributed by atoms with Gasteiger partial charge < -0.3 is 11.1 Å². The van der Waals surface area contributed by atoms with E-state index in [0.717, 1.165) is 69.7 Å². The fourth-order valence-electron chi connectivity index (χ4n) is 2.74. The molecule has 0 bridgehead atoms. The van der Waals surface area contributed by atoms with Crippen molar-refractivity contribution in [3.63, 3.8) is 0 Å². The van der Waals surface area contributed by atoms with Crippen molar-refractivity contribution in [2.75, 3.05) is 6.54 Å². The summed E-state index contributed by atoms with van der Waals surface area (Å²) in [4.78, 5) is 16.6. The van der Waals surface area contributed by atoms with E-state index in [4.69, 9.17) is 5.73 Å². The first kappa shape index (κ1) is 15.9. The zero-order chi connectivity index (χ0) is 15.1. The molecule has 1 atom stereocenters. The molecule has 0 aliphatic carbocycles. The van der Waals surface area contributed by atoms with Crippen LogP contribution in [0.25, 0.3) is 0 Å². The Morgan fingerprint density at radius 2 is 2.19 bits per heavy atom. The van der Waals surface area contributed by atoms with Crippen LogP contribution in [0.15, 0.2) is 0 Å². The zero-order valence-electron chi connectivity index (χ0n) is 13.0. The van der Waals surface area contributed by atoms with Gasteiger partial charge in [-0.2, -0.15) is 5.10 Å². The Bertz CT molecular complexity index is 457. The molecule has 0 spiro atoms. The lowest BCUT2D eigenvalue weighted by Crippen LogP contribution is -2.33. The van der Waals surface area contributed by atoms with Gasteiger partial charge in [0.25, 0.3) is 0 Å². The normalized spacial score (nSPS) is 17.5. The number of aryl methyl sites for hydroxylation is 2. The summed E-state index contributed by atoms with van der Waals surface area (Å²) in [5.41, 5.74) is 5.46. The highest BCUT2D eigenvalue weighted by Crippen LogP contribution is 2.23. The Hall–Kier alpha value is -1.43. The van der Waals surface area contributed by atoms with Gasteiger partial charge in [-0.3, -0.25) is 4.79 Å². The Morgan fingerprint density at radius 1 is 1.38 bits per heavy atom. The first-order chi connectivity index (χ1) is 10.2. The van der Waals surface area contributed by atoms with E-state index < -0.39 is 0 Å². The average molecular weight is 293 g/mol. The van der Waals surface area contributed by atoms with E-state index in [2.05, 4.69) is 22.3 Å². The van der Waals surface area contributed by atoms with E-state index in [0.29, 0.717) is 6.42 Å². The molecule has 3 N–H and O–H groups in total. The lowest BCUT2D eigenvalue weighted by atomic mass is 10.1. The molecule has 1 aromatic rings. The number of hydrogen-bond donors (Lipinski definition) is 2. The molecule has 0 saturated carbocycles.